The maximum Gasteiger partial charge on any atom is 0.200 e. The van der Waals surface area contributed by atoms with Gasteiger partial charge in [-0.1, -0.05) is 11.8 Å². The van der Waals surface area contributed by atoms with Crippen LogP contribution in [0, 0.1) is 5.41 Å². The van der Waals surface area contributed by atoms with Gasteiger partial charge in [-0.2, -0.15) is 0 Å². The van der Waals surface area contributed by atoms with E-state index < -0.39 is 0 Å². The van der Waals surface area contributed by atoms with Gasteiger partial charge in [-0.15, -0.1) is 10.2 Å². The van der Waals surface area contributed by atoms with E-state index in [1.54, 1.807) is 30.0 Å². The monoisotopic (exact) mass is 320 g/mol. The molecular formula is C14H16N4O3S. The quantitative estimate of drug-likeness (QED) is 0.367. The molecule has 0 unspecified atom stereocenters. The smallest absolute Gasteiger partial charge is 0.200 e. The minimum atomic E-state index is -0.333. The number of nitrogens with zero attached hydrogens (tertiary/aromatic N) is 3. The fourth-order valence-electron chi connectivity index (χ4n) is 1.95. The van der Waals surface area contributed by atoms with Crippen molar-refractivity contribution in [1.29, 1.82) is 5.41 Å². The highest BCUT2D eigenvalue weighted by Gasteiger charge is 2.17. The van der Waals surface area contributed by atoms with Gasteiger partial charge < -0.3 is 19.5 Å². The predicted molar refractivity (Wildman–Crippen MR) is 83.2 cm³/mol. The standard InChI is InChI=1S/C14H16N4O3S/c1-8(15)12(9(2)19)10(20)7-22-14-17-16-13(18(14)3)11-5-4-6-21-11/h4-6,15,20H,7H2,1-3H3. The third-order valence-corrected chi connectivity index (χ3v) is 3.96. The fraction of sp³-hybridized carbons (Fsp3) is 0.286. The molecule has 0 spiro atoms. The van der Waals surface area contributed by atoms with E-state index in [2.05, 4.69) is 10.2 Å². The van der Waals surface area contributed by atoms with E-state index >= 15 is 0 Å². The van der Waals surface area contributed by atoms with Crippen molar-refractivity contribution < 1.29 is 14.3 Å². The molecule has 0 aliphatic heterocycles. The Morgan fingerprint density at radius 1 is 1.45 bits per heavy atom. The summed E-state index contributed by atoms with van der Waals surface area (Å²) in [6.07, 6.45) is 1.55. The summed E-state index contributed by atoms with van der Waals surface area (Å²) in [5.74, 6) is 0.842. The Hall–Kier alpha value is -2.35. The van der Waals surface area contributed by atoms with Crippen LogP contribution in [0.5, 0.6) is 0 Å². The van der Waals surface area contributed by atoms with E-state index in [1.807, 2.05) is 0 Å². The third-order valence-electron chi connectivity index (χ3n) is 2.93. The van der Waals surface area contributed by atoms with Gasteiger partial charge in [0.25, 0.3) is 0 Å². The summed E-state index contributed by atoms with van der Waals surface area (Å²) in [6.45, 7) is 2.79. The normalized spacial score (nSPS) is 12.1. The van der Waals surface area contributed by atoms with Crippen LogP contribution in [0.3, 0.4) is 0 Å². The largest absolute Gasteiger partial charge is 0.511 e. The average molecular weight is 320 g/mol. The number of hydrogen-bond donors (Lipinski definition) is 2. The summed E-state index contributed by atoms with van der Waals surface area (Å²) < 4.78 is 7.01. The van der Waals surface area contributed by atoms with Crippen LogP contribution < -0.4 is 0 Å². The number of carbonyl (C=O) groups is 1. The van der Waals surface area contributed by atoms with Crippen LogP contribution >= 0.6 is 11.8 Å². The number of allylic oxidation sites excluding steroid dienone is 1. The number of furan rings is 1. The van der Waals surface area contributed by atoms with Gasteiger partial charge in [0.1, 0.15) is 5.76 Å². The van der Waals surface area contributed by atoms with Crippen LogP contribution in [0.1, 0.15) is 13.8 Å². The molecular weight excluding hydrogens is 304 g/mol. The zero-order valence-electron chi connectivity index (χ0n) is 12.5. The number of aromatic nitrogens is 3. The van der Waals surface area contributed by atoms with Crippen molar-refractivity contribution in [3.63, 3.8) is 0 Å². The van der Waals surface area contributed by atoms with Gasteiger partial charge in [0, 0.05) is 12.8 Å². The van der Waals surface area contributed by atoms with Crippen LogP contribution in [0.4, 0.5) is 0 Å². The summed E-state index contributed by atoms with van der Waals surface area (Å²) in [7, 11) is 1.79. The number of hydrogen-bond acceptors (Lipinski definition) is 7. The predicted octanol–water partition coefficient (Wildman–Crippen LogP) is 2.61. The van der Waals surface area contributed by atoms with E-state index in [9.17, 15) is 9.90 Å². The SMILES string of the molecule is CC(=N)C(C(C)=O)=C(O)CSc1nnc(-c2ccco2)n1C. The minimum Gasteiger partial charge on any atom is -0.511 e. The Labute approximate surface area is 131 Å². The molecule has 0 saturated carbocycles. The van der Waals surface area contributed by atoms with E-state index in [0.29, 0.717) is 16.7 Å². The van der Waals surface area contributed by atoms with Crippen molar-refractivity contribution >= 4 is 23.3 Å². The van der Waals surface area contributed by atoms with Crippen LogP contribution in [0.15, 0.2) is 39.3 Å². The number of ketones is 1. The van der Waals surface area contributed by atoms with Crippen molar-refractivity contribution in [1.82, 2.24) is 14.8 Å². The molecule has 0 atom stereocenters. The first-order valence-corrected chi connectivity index (χ1v) is 7.45. The highest BCUT2D eigenvalue weighted by molar-refractivity contribution is 7.99. The lowest BCUT2D eigenvalue weighted by Gasteiger charge is -2.06. The zero-order chi connectivity index (χ0) is 16.3. The minimum absolute atomic E-state index is 0.0415. The summed E-state index contributed by atoms with van der Waals surface area (Å²) in [6, 6.07) is 3.54. The maximum absolute atomic E-state index is 11.5. The molecule has 22 heavy (non-hydrogen) atoms. The lowest BCUT2D eigenvalue weighted by Crippen LogP contribution is -2.10. The second-order valence-corrected chi connectivity index (χ2v) is 5.58. The molecule has 0 radical (unpaired) electrons. The van der Waals surface area contributed by atoms with E-state index in [1.165, 1.54) is 25.6 Å². The number of carbonyl (C=O) groups excluding carboxylic acids is 1. The van der Waals surface area contributed by atoms with E-state index in [4.69, 9.17) is 9.83 Å². The van der Waals surface area contributed by atoms with E-state index in [0.717, 1.165) is 0 Å². The number of thioether (sulfide) groups is 1. The van der Waals surface area contributed by atoms with Crippen LogP contribution in [-0.4, -0.2) is 37.1 Å². The first kappa shape index (κ1) is 16.0. The molecule has 2 heterocycles. The van der Waals surface area contributed by atoms with Crippen molar-refractivity contribution in [2.45, 2.75) is 19.0 Å². The van der Waals surface area contributed by atoms with E-state index in [-0.39, 0.29) is 28.6 Å². The Balaban J connectivity index is 2.18. The van der Waals surface area contributed by atoms with Crippen LogP contribution in [0.25, 0.3) is 11.6 Å². The Kier molecular flexibility index (Phi) is 4.81. The van der Waals surface area contributed by atoms with Crippen molar-refractivity contribution in [2.24, 2.45) is 7.05 Å². The molecule has 0 aliphatic rings. The highest BCUT2D eigenvalue weighted by Crippen LogP contribution is 2.24. The number of Topliss-reactive ketones (excluding diaryl/α,β-unsaturated/α-hetero) is 1. The molecule has 0 fully saturated rings. The van der Waals surface area contributed by atoms with Crippen LogP contribution in [-0.2, 0) is 11.8 Å². The third kappa shape index (κ3) is 3.28. The fourth-order valence-corrected chi connectivity index (χ4v) is 2.74. The summed E-state index contributed by atoms with van der Waals surface area (Å²) >= 11 is 1.23. The molecule has 2 N–H and O–H groups in total. The number of nitrogens with one attached hydrogen (secondary N) is 1. The van der Waals surface area contributed by atoms with Gasteiger partial charge in [-0.05, 0) is 26.0 Å². The second-order valence-electron chi connectivity index (χ2n) is 4.63. The first-order valence-electron chi connectivity index (χ1n) is 6.46. The summed E-state index contributed by atoms with van der Waals surface area (Å²) in [5.41, 5.74) is 0.0840. The molecule has 0 aromatic carbocycles. The van der Waals surface area contributed by atoms with Gasteiger partial charge in [0.05, 0.1) is 17.6 Å². The van der Waals surface area contributed by atoms with Gasteiger partial charge in [-0.25, -0.2) is 0 Å². The molecule has 0 aliphatic carbocycles. The Bertz CT molecular complexity index is 715. The molecule has 7 nitrogen and oxygen atoms in total. The molecule has 0 bridgehead atoms. The summed E-state index contributed by atoms with van der Waals surface area (Å²) in [4.78, 5) is 11.5. The molecule has 8 heteroatoms. The van der Waals surface area contributed by atoms with Crippen molar-refractivity contribution in [2.75, 3.05) is 5.75 Å². The van der Waals surface area contributed by atoms with Gasteiger partial charge in [0.2, 0.25) is 0 Å². The molecule has 2 aromatic heterocycles. The molecule has 2 aromatic rings. The summed E-state index contributed by atoms with van der Waals surface area (Å²) in [5, 5.41) is 26.2. The van der Waals surface area contributed by atoms with Gasteiger partial charge >= 0.3 is 0 Å². The number of aliphatic hydroxyl groups excluding tert-OH is 1. The maximum atomic E-state index is 11.5. The number of aliphatic hydroxyl groups is 1. The Morgan fingerprint density at radius 3 is 2.73 bits per heavy atom. The molecule has 0 amide bonds. The lowest BCUT2D eigenvalue weighted by atomic mass is 10.1. The van der Waals surface area contributed by atoms with Gasteiger partial charge in [0.15, 0.2) is 22.5 Å². The average Bonchev–Trinajstić information content (AvgIpc) is 3.05. The molecule has 116 valence electrons. The number of rotatable bonds is 6. The van der Waals surface area contributed by atoms with Gasteiger partial charge in [-0.3, -0.25) is 4.79 Å². The molecule has 2 rings (SSSR count). The lowest BCUT2D eigenvalue weighted by molar-refractivity contribution is -0.113. The zero-order valence-corrected chi connectivity index (χ0v) is 13.3. The Morgan fingerprint density at radius 2 is 2.18 bits per heavy atom. The first-order chi connectivity index (χ1) is 10.4. The van der Waals surface area contributed by atoms with Crippen molar-refractivity contribution in [3.8, 4) is 11.6 Å². The van der Waals surface area contributed by atoms with Crippen LogP contribution in [0.2, 0.25) is 0 Å². The highest BCUT2D eigenvalue weighted by atomic mass is 32.2. The second kappa shape index (κ2) is 6.61. The topological polar surface area (TPSA) is 105 Å². The van der Waals surface area contributed by atoms with Crippen molar-refractivity contribution in [3.05, 3.63) is 29.7 Å². The molecule has 0 saturated heterocycles.